The normalized spacial score (nSPS) is 13.7. The SMILES string of the molecule is Cc1cc2c3c(c1)N(c1ccc(C(C)(C)C)cc1-c1ccccc1)c1cc4c(cc1B3c1cc(-c3ccc5c(c3)oc3ccccc35)ccc1N2c1ccc(-c2ccc3c(c2)oc2ccccc23)cc1)OCCO4. The second-order valence-electron chi connectivity index (χ2n) is 21.2. The van der Waals surface area contributed by atoms with Gasteiger partial charge in [-0.05, 0) is 153 Å². The van der Waals surface area contributed by atoms with Crippen LogP contribution >= 0.6 is 0 Å². The third-order valence-corrected chi connectivity index (χ3v) is 15.6. The number of para-hydroxylation sites is 2. The average Bonchev–Trinajstić information content (AvgIpc) is 4.04. The van der Waals surface area contributed by atoms with E-state index in [0.717, 1.165) is 128 Å². The summed E-state index contributed by atoms with van der Waals surface area (Å²) in [6, 6.07) is 73.0. The lowest BCUT2D eigenvalue weighted by Gasteiger charge is -2.45. The fourth-order valence-corrected chi connectivity index (χ4v) is 12.0. The third kappa shape index (κ3) is 6.59. The van der Waals surface area contributed by atoms with E-state index in [0.29, 0.717) is 13.2 Å². The minimum absolute atomic E-state index is 0.0632. The molecule has 74 heavy (non-hydrogen) atoms. The van der Waals surface area contributed by atoms with E-state index >= 15 is 0 Å². The molecule has 6 nitrogen and oxygen atoms in total. The van der Waals surface area contributed by atoms with Gasteiger partial charge in [-0.2, -0.15) is 0 Å². The summed E-state index contributed by atoms with van der Waals surface area (Å²) in [5, 5.41) is 4.49. The first-order chi connectivity index (χ1) is 36.2. The molecule has 354 valence electrons. The van der Waals surface area contributed by atoms with E-state index in [9.17, 15) is 0 Å². The van der Waals surface area contributed by atoms with Crippen molar-refractivity contribution in [3.63, 3.8) is 0 Å². The molecule has 15 rings (SSSR count). The number of anilines is 6. The molecule has 0 fully saturated rings. The van der Waals surface area contributed by atoms with Crippen molar-refractivity contribution in [3.8, 4) is 44.9 Å². The van der Waals surface area contributed by atoms with Gasteiger partial charge in [-0.25, -0.2) is 0 Å². The zero-order chi connectivity index (χ0) is 49.4. The summed E-state index contributed by atoms with van der Waals surface area (Å²) >= 11 is 0. The second kappa shape index (κ2) is 16.0. The largest absolute Gasteiger partial charge is 0.486 e. The second-order valence-corrected chi connectivity index (χ2v) is 21.2. The zero-order valence-corrected chi connectivity index (χ0v) is 41.6. The maximum Gasteiger partial charge on any atom is 0.252 e. The van der Waals surface area contributed by atoms with Gasteiger partial charge in [0.1, 0.15) is 35.5 Å². The van der Waals surface area contributed by atoms with Crippen LogP contribution in [0.4, 0.5) is 34.1 Å². The maximum atomic E-state index is 6.48. The van der Waals surface area contributed by atoms with E-state index in [4.69, 9.17) is 18.3 Å². The summed E-state index contributed by atoms with van der Waals surface area (Å²) < 4.78 is 25.8. The summed E-state index contributed by atoms with van der Waals surface area (Å²) in [5.74, 6) is 1.53. The summed E-state index contributed by atoms with van der Waals surface area (Å²) in [5.41, 5.74) is 22.9. The third-order valence-electron chi connectivity index (χ3n) is 15.6. The van der Waals surface area contributed by atoms with Gasteiger partial charge in [0.05, 0.1) is 5.69 Å². The first kappa shape index (κ1) is 42.7. The Bertz CT molecular complexity index is 4280. The molecule has 0 aliphatic carbocycles. The van der Waals surface area contributed by atoms with Crippen molar-refractivity contribution in [1.82, 2.24) is 0 Å². The minimum Gasteiger partial charge on any atom is -0.486 e. The lowest BCUT2D eigenvalue weighted by Crippen LogP contribution is -2.61. The minimum atomic E-state index is -0.160. The quantitative estimate of drug-likeness (QED) is 0.160. The summed E-state index contributed by atoms with van der Waals surface area (Å²) in [6.07, 6.45) is 0. The number of benzene rings is 10. The Morgan fingerprint density at radius 2 is 0.946 bits per heavy atom. The van der Waals surface area contributed by atoms with Crippen molar-refractivity contribution >= 4 is 101 Å². The van der Waals surface area contributed by atoms with Crippen LogP contribution in [0.15, 0.2) is 209 Å². The van der Waals surface area contributed by atoms with Crippen molar-refractivity contribution in [1.29, 1.82) is 0 Å². The molecule has 5 heterocycles. The lowest BCUT2D eigenvalue weighted by molar-refractivity contribution is 0.172. The van der Waals surface area contributed by atoms with Crippen molar-refractivity contribution in [2.24, 2.45) is 0 Å². The molecule has 0 radical (unpaired) electrons. The monoisotopic (exact) mass is 956 g/mol. The van der Waals surface area contributed by atoms with Gasteiger partial charge in [0.25, 0.3) is 6.71 Å². The van der Waals surface area contributed by atoms with E-state index < -0.39 is 0 Å². The molecule has 3 aliphatic heterocycles. The highest BCUT2D eigenvalue weighted by Gasteiger charge is 2.45. The van der Waals surface area contributed by atoms with E-state index in [2.05, 4.69) is 213 Å². The molecule has 12 aromatic rings. The summed E-state index contributed by atoms with van der Waals surface area (Å²) in [4.78, 5) is 4.99. The summed E-state index contributed by atoms with van der Waals surface area (Å²) in [6.45, 7) is 9.93. The lowest BCUT2D eigenvalue weighted by atomic mass is 9.33. The molecule has 2 aromatic heterocycles. The number of ether oxygens (including phenoxy) is 2. The van der Waals surface area contributed by atoms with Crippen LogP contribution in [-0.2, 0) is 5.41 Å². The van der Waals surface area contributed by atoms with E-state index in [-0.39, 0.29) is 12.1 Å². The van der Waals surface area contributed by atoms with Crippen molar-refractivity contribution < 1.29 is 18.3 Å². The Balaban J connectivity index is 0.966. The highest BCUT2D eigenvalue weighted by Crippen LogP contribution is 2.50. The van der Waals surface area contributed by atoms with Gasteiger partial charge >= 0.3 is 0 Å². The molecule has 0 N–H and O–H groups in total. The molecule has 0 unspecified atom stereocenters. The standard InChI is InChI=1S/C67H49BN2O4/c1-40-32-58-66-59(33-40)70(55-29-23-46(67(2,3)4)37-52(55)42-12-6-5-7-13-42)57-39-65-64(71-30-31-72-65)38-54(57)68(66)53-34-43(45-21-27-51-49-15-9-11-17-61(49)74-63(51)36-45)22-28-56(53)69(58)47-24-18-41(19-25-47)44-20-26-50-48-14-8-10-16-60(48)73-62(50)35-44/h5-29,32-39H,30-31H2,1-4H3. The molecular weight excluding hydrogens is 908 g/mol. The van der Waals surface area contributed by atoms with Crippen LogP contribution < -0.4 is 35.7 Å². The molecule has 0 amide bonds. The molecule has 0 saturated heterocycles. The van der Waals surface area contributed by atoms with Crippen LogP contribution in [0.3, 0.4) is 0 Å². The molecular formula is C67H49BN2O4. The first-order valence-electron chi connectivity index (χ1n) is 25.7. The molecule has 0 bridgehead atoms. The van der Waals surface area contributed by atoms with Crippen molar-refractivity contribution in [2.75, 3.05) is 23.0 Å². The summed E-state index contributed by atoms with van der Waals surface area (Å²) in [7, 11) is 0. The molecule has 0 saturated carbocycles. The Morgan fingerprint density at radius 1 is 0.405 bits per heavy atom. The van der Waals surface area contributed by atoms with Gasteiger partial charge in [0.2, 0.25) is 0 Å². The number of aryl methyl sites for hydroxylation is 1. The van der Waals surface area contributed by atoms with Gasteiger partial charge in [-0.1, -0.05) is 130 Å². The number of nitrogens with zero attached hydrogens (tertiary/aromatic N) is 2. The van der Waals surface area contributed by atoms with Crippen molar-refractivity contribution in [3.05, 3.63) is 211 Å². The van der Waals surface area contributed by atoms with Crippen LogP contribution in [0.25, 0.3) is 77.3 Å². The van der Waals surface area contributed by atoms with Gasteiger partial charge < -0.3 is 28.1 Å². The topological polar surface area (TPSA) is 51.2 Å². The van der Waals surface area contributed by atoms with Crippen LogP contribution in [0, 0.1) is 6.92 Å². The van der Waals surface area contributed by atoms with Crippen LogP contribution in [0.5, 0.6) is 11.5 Å². The van der Waals surface area contributed by atoms with E-state index in [1.807, 2.05) is 24.3 Å². The van der Waals surface area contributed by atoms with Crippen molar-refractivity contribution in [2.45, 2.75) is 33.1 Å². The average molecular weight is 957 g/mol. The number of furan rings is 2. The smallest absolute Gasteiger partial charge is 0.252 e. The number of rotatable bonds is 5. The van der Waals surface area contributed by atoms with Crippen LogP contribution in [0.1, 0.15) is 31.9 Å². The molecule has 0 atom stereocenters. The van der Waals surface area contributed by atoms with Crippen LogP contribution in [0.2, 0.25) is 0 Å². The van der Waals surface area contributed by atoms with Gasteiger partial charge in [-0.15, -0.1) is 0 Å². The van der Waals surface area contributed by atoms with Gasteiger partial charge in [-0.3, -0.25) is 0 Å². The predicted octanol–water partition coefficient (Wildman–Crippen LogP) is 15.9. The Hall–Kier alpha value is -8.94. The highest BCUT2D eigenvalue weighted by molar-refractivity contribution is 7.00. The number of hydrogen-bond acceptors (Lipinski definition) is 6. The van der Waals surface area contributed by atoms with E-state index in [1.54, 1.807) is 0 Å². The van der Waals surface area contributed by atoms with Crippen LogP contribution in [-0.4, -0.2) is 19.9 Å². The zero-order valence-electron chi connectivity index (χ0n) is 41.6. The maximum absolute atomic E-state index is 6.48. The highest BCUT2D eigenvalue weighted by atomic mass is 16.6. The Kier molecular flexibility index (Phi) is 9.26. The Morgan fingerprint density at radius 3 is 1.62 bits per heavy atom. The van der Waals surface area contributed by atoms with E-state index in [1.165, 1.54) is 22.1 Å². The molecule has 3 aliphatic rings. The number of fused-ring (bicyclic) bond motifs is 11. The first-order valence-corrected chi connectivity index (χ1v) is 25.7. The fourth-order valence-electron chi connectivity index (χ4n) is 12.0. The number of hydrogen-bond donors (Lipinski definition) is 0. The Labute approximate surface area is 429 Å². The predicted molar refractivity (Wildman–Crippen MR) is 306 cm³/mol. The molecule has 10 aromatic carbocycles. The molecule has 7 heteroatoms. The van der Waals surface area contributed by atoms with Gasteiger partial charge in [0, 0.05) is 61.6 Å². The molecule has 0 spiro atoms. The van der Waals surface area contributed by atoms with Gasteiger partial charge in [0.15, 0.2) is 11.5 Å². The fraction of sp³-hybridized carbons (Fsp3) is 0.104.